The summed E-state index contributed by atoms with van der Waals surface area (Å²) in [5.41, 5.74) is 2.04. The normalized spacial score (nSPS) is 25.0. The largest absolute Gasteiger partial charge is 0.493 e. The first-order chi connectivity index (χ1) is 15.3. The van der Waals surface area contributed by atoms with Crippen LogP contribution in [0.25, 0.3) is 0 Å². The smallest absolute Gasteiger partial charge is 0.417 e. The van der Waals surface area contributed by atoms with Crippen LogP contribution in [-0.4, -0.2) is 41.8 Å². The van der Waals surface area contributed by atoms with Gasteiger partial charge in [-0.3, -0.25) is 14.6 Å². The van der Waals surface area contributed by atoms with Gasteiger partial charge in [-0.2, -0.15) is 17.6 Å². The first-order valence-electron chi connectivity index (χ1n) is 9.65. The van der Waals surface area contributed by atoms with Crippen molar-refractivity contribution in [3.63, 3.8) is 0 Å². The van der Waals surface area contributed by atoms with Gasteiger partial charge in [0.05, 0.1) is 7.11 Å². The molecule has 2 amide bonds. The van der Waals surface area contributed by atoms with Crippen LogP contribution in [0.4, 0.5) is 27.6 Å². The molecule has 2 aromatic rings. The number of rotatable bonds is 5. The van der Waals surface area contributed by atoms with Gasteiger partial charge < -0.3 is 20.5 Å². The lowest BCUT2D eigenvalue weighted by Crippen LogP contribution is -2.47. The fraction of sp³-hybridized carbons (Fsp3) is 0.381. The van der Waals surface area contributed by atoms with Gasteiger partial charge in [0.25, 0.3) is 11.8 Å². The molecule has 3 rings (SSSR count). The number of anilines is 1. The summed E-state index contributed by atoms with van der Waals surface area (Å²) in [6.07, 6.45) is -5.49. The van der Waals surface area contributed by atoms with Crippen molar-refractivity contribution in [1.29, 1.82) is 0 Å². The monoisotopic (exact) mass is 473 g/mol. The van der Waals surface area contributed by atoms with Crippen LogP contribution < -0.4 is 15.8 Å². The topological polar surface area (TPSA) is 104 Å². The van der Waals surface area contributed by atoms with Crippen molar-refractivity contribution in [2.75, 3.05) is 12.4 Å². The van der Waals surface area contributed by atoms with E-state index in [0.717, 1.165) is 32.2 Å². The molecule has 0 unspecified atom stereocenters. The number of halogens is 5. The number of nitrogens with two attached hydrogens (primary N) is 1. The zero-order valence-corrected chi connectivity index (χ0v) is 17.7. The number of primary amides is 1. The molecule has 0 bridgehead atoms. The minimum atomic E-state index is -4.89. The summed E-state index contributed by atoms with van der Waals surface area (Å²) in [6, 6.07) is 4.22. The molecule has 0 spiro atoms. The Labute approximate surface area is 185 Å². The van der Waals surface area contributed by atoms with Crippen LogP contribution in [0.1, 0.15) is 35.8 Å². The van der Waals surface area contributed by atoms with Gasteiger partial charge in [0.15, 0.2) is 17.2 Å². The van der Waals surface area contributed by atoms with Gasteiger partial charge in [-0.05, 0) is 25.1 Å². The molecule has 178 valence electrons. The fourth-order valence-electron chi connectivity index (χ4n) is 3.90. The molecular formula is C21H20F5N3O4. The second-order valence-corrected chi connectivity index (χ2v) is 7.72. The quantitative estimate of drug-likeness (QED) is 0.647. The molecule has 0 saturated carbocycles. The number of amides is 2. The summed E-state index contributed by atoms with van der Waals surface area (Å²) in [4.78, 5) is 28.1. The average Bonchev–Trinajstić information content (AvgIpc) is 3.02. The number of methoxy groups -OCH3 is 1. The Morgan fingerprint density at radius 1 is 1.24 bits per heavy atom. The van der Waals surface area contributed by atoms with Crippen molar-refractivity contribution in [3.05, 3.63) is 53.4 Å². The van der Waals surface area contributed by atoms with E-state index in [1.165, 1.54) is 19.2 Å². The number of ether oxygens (including phenoxy) is 2. The molecule has 12 heteroatoms. The molecule has 1 aromatic heterocycles. The number of alkyl halides is 3. The highest BCUT2D eigenvalue weighted by molar-refractivity contribution is 5.97. The zero-order valence-electron chi connectivity index (χ0n) is 17.7. The second kappa shape index (κ2) is 8.58. The predicted octanol–water partition coefficient (Wildman–Crippen LogP) is 3.55. The minimum Gasteiger partial charge on any atom is -0.493 e. The van der Waals surface area contributed by atoms with Crippen LogP contribution >= 0.6 is 0 Å². The molecule has 33 heavy (non-hydrogen) atoms. The molecule has 1 saturated heterocycles. The number of benzene rings is 1. The lowest BCUT2D eigenvalue weighted by molar-refractivity contribution is -0.272. The standard InChI is InChI=1S/C21H20F5N3O4/c1-9-14(11-4-5-12(22)15(23)16(11)32-3)17(33-20(9,2)21(24,25)26)19(31)29-10-6-7-28-13(8-10)18(27)30/h4-9,14,17H,1-3H3,(H2,27,30)(H,28,29,31)/t9-,14-,17+,20+/m0/s1. The number of carbonyl (C=O) groups is 2. The molecule has 4 atom stereocenters. The molecule has 1 aliphatic rings. The summed E-state index contributed by atoms with van der Waals surface area (Å²) in [6.45, 7) is 1.98. The number of aromatic nitrogens is 1. The van der Waals surface area contributed by atoms with E-state index in [-0.39, 0.29) is 16.9 Å². The summed E-state index contributed by atoms with van der Waals surface area (Å²) in [5, 5.41) is 2.36. The van der Waals surface area contributed by atoms with Gasteiger partial charge in [-0.15, -0.1) is 0 Å². The Kier molecular flexibility index (Phi) is 6.33. The lowest BCUT2D eigenvalue weighted by Gasteiger charge is -2.32. The van der Waals surface area contributed by atoms with Gasteiger partial charge in [-0.25, -0.2) is 4.39 Å². The van der Waals surface area contributed by atoms with Crippen LogP contribution in [0, 0.1) is 17.6 Å². The van der Waals surface area contributed by atoms with E-state index in [1.807, 2.05) is 0 Å². The van der Waals surface area contributed by atoms with Crippen molar-refractivity contribution < 1.29 is 41.0 Å². The van der Waals surface area contributed by atoms with Gasteiger partial charge in [0, 0.05) is 29.3 Å². The highest BCUT2D eigenvalue weighted by Gasteiger charge is 2.65. The Morgan fingerprint density at radius 2 is 1.91 bits per heavy atom. The summed E-state index contributed by atoms with van der Waals surface area (Å²) in [5.74, 6) is -7.94. The number of carbonyl (C=O) groups excluding carboxylic acids is 2. The van der Waals surface area contributed by atoms with Crippen molar-refractivity contribution in [1.82, 2.24) is 4.98 Å². The number of nitrogens with one attached hydrogen (secondary N) is 1. The summed E-state index contributed by atoms with van der Waals surface area (Å²) in [7, 11) is 1.03. The van der Waals surface area contributed by atoms with Crippen LogP contribution in [0.3, 0.4) is 0 Å². The summed E-state index contributed by atoms with van der Waals surface area (Å²) >= 11 is 0. The number of pyridine rings is 1. The molecule has 1 fully saturated rings. The number of hydrogen-bond acceptors (Lipinski definition) is 5. The lowest BCUT2D eigenvalue weighted by atomic mass is 9.77. The van der Waals surface area contributed by atoms with Crippen LogP contribution in [0.5, 0.6) is 5.75 Å². The van der Waals surface area contributed by atoms with Crippen molar-refractivity contribution >= 4 is 17.5 Å². The maximum Gasteiger partial charge on any atom is 0.417 e. The third-order valence-corrected chi connectivity index (χ3v) is 5.85. The minimum absolute atomic E-state index is 0.0247. The molecule has 0 radical (unpaired) electrons. The number of hydrogen-bond donors (Lipinski definition) is 2. The molecule has 1 aromatic carbocycles. The molecule has 1 aliphatic heterocycles. The predicted molar refractivity (Wildman–Crippen MR) is 106 cm³/mol. The highest BCUT2D eigenvalue weighted by atomic mass is 19.4. The van der Waals surface area contributed by atoms with E-state index in [1.54, 1.807) is 0 Å². The third-order valence-electron chi connectivity index (χ3n) is 5.85. The van der Waals surface area contributed by atoms with Crippen molar-refractivity contribution in [2.24, 2.45) is 11.7 Å². The van der Waals surface area contributed by atoms with E-state index in [9.17, 15) is 31.5 Å². The second-order valence-electron chi connectivity index (χ2n) is 7.72. The van der Waals surface area contributed by atoms with Crippen LogP contribution in [0.2, 0.25) is 0 Å². The molecule has 2 heterocycles. The van der Waals surface area contributed by atoms with E-state index in [4.69, 9.17) is 15.2 Å². The van der Waals surface area contributed by atoms with Gasteiger partial charge in [-0.1, -0.05) is 13.0 Å². The van der Waals surface area contributed by atoms with Crippen molar-refractivity contribution in [3.8, 4) is 5.75 Å². The Bertz CT molecular complexity index is 1090. The molecule has 0 aliphatic carbocycles. The zero-order chi connectivity index (χ0) is 24.7. The maximum atomic E-state index is 14.4. The third kappa shape index (κ3) is 4.22. The van der Waals surface area contributed by atoms with Crippen LogP contribution in [0.15, 0.2) is 30.5 Å². The average molecular weight is 473 g/mol. The highest BCUT2D eigenvalue weighted by Crippen LogP contribution is 2.55. The maximum absolute atomic E-state index is 14.4. The SMILES string of the molecule is COc1c([C@H]2[C@H](C(=O)Nc3ccnc(C(N)=O)c3)O[C@@](C)(C(F)(F)F)[C@H]2C)ccc(F)c1F. The van der Waals surface area contributed by atoms with E-state index in [2.05, 4.69) is 10.3 Å². The molecule has 7 nitrogen and oxygen atoms in total. The fourth-order valence-corrected chi connectivity index (χ4v) is 3.90. The summed E-state index contributed by atoms with van der Waals surface area (Å²) < 4.78 is 80.1. The van der Waals surface area contributed by atoms with Crippen molar-refractivity contribution in [2.45, 2.75) is 37.6 Å². The van der Waals surface area contributed by atoms with E-state index in [0.29, 0.717) is 0 Å². The Morgan fingerprint density at radius 3 is 2.48 bits per heavy atom. The van der Waals surface area contributed by atoms with E-state index < -0.39 is 58.9 Å². The van der Waals surface area contributed by atoms with Crippen LogP contribution in [-0.2, 0) is 9.53 Å². The Balaban J connectivity index is 2.07. The first-order valence-corrected chi connectivity index (χ1v) is 9.65. The first kappa shape index (κ1) is 24.4. The Hall–Kier alpha value is -3.28. The number of nitrogens with zero attached hydrogens (tertiary/aromatic N) is 1. The molecular weight excluding hydrogens is 453 g/mol. The molecule has 3 N–H and O–H groups in total. The van der Waals surface area contributed by atoms with E-state index >= 15 is 0 Å². The van der Waals surface area contributed by atoms with Gasteiger partial charge in [0.1, 0.15) is 11.8 Å². The van der Waals surface area contributed by atoms with Gasteiger partial charge in [0.2, 0.25) is 5.82 Å². The van der Waals surface area contributed by atoms with Gasteiger partial charge >= 0.3 is 6.18 Å².